The summed E-state index contributed by atoms with van der Waals surface area (Å²) in [6.45, 7) is 4.00. The summed E-state index contributed by atoms with van der Waals surface area (Å²) in [6.07, 6.45) is 0. The van der Waals surface area contributed by atoms with Gasteiger partial charge in [-0.3, -0.25) is 0 Å². The lowest BCUT2D eigenvalue weighted by Gasteiger charge is -2.27. The highest BCUT2D eigenvalue weighted by atomic mass is 16.5. The van der Waals surface area contributed by atoms with E-state index in [1.54, 1.807) is 7.11 Å². The lowest BCUT2D eigenvalue weighted by molar-refractivity contribution is 0.414. The molecule has 2 aromatic rings. The number of nitrogens with zero attached hydrogens (tertiary/aromatic N) is 1. The molecule has 2 rings (SSSR count). The Morgan fingerprint density at radius 1 is 1.10 bits per heavy atom. The van der Waals surface area contributed by atoms with Gasteiger partial charge in [0.2, 0.25) is 0 Å². The van der Waals surface area contributed by atoms with Crippen LogP contribution in [0.25, 0.3) is 0 Å². The third-order valence-electron chi connectivity index (χ3n) is 3.60. The third-order valence-corrected chi connectivity index (χ3v) is 3.60. The van der Waals surface area contributed by atoms with Crippen LogP contribution in [-0.2, 0) is 0 Å². The Morgan fingerprint density at radius 3 is 2.52 bits per heavy atom. The molecule has 0 amide bonds. The van der Waals surface area contributed by atoms with Gasteiger partial charge in [-0.2, -0.15) is 0 Å². The van der Waals surface area contributed by atoms with Crippen LogP contribution in [0.2, 0.25) is 0 Å². The average molecular weight is 284 g/mol. The van der Waals surface area contributed by atoms with Crippen molar-refractivity contribution in [2.24, 2.45) is 0 Å². The van der Waals surface area contributed by atoms with E-state index in [4.69, 9.17) is 4.74 Å². The summed E-state index contributed by atoms with van der Waals surface area (Å²) in [6, 6.07) is 19.1. The van der Waals surface area contributed by atoms with Crippen LogP contribution in [0.3, 0.4) is 0 Å². The molecule has 1 unspecified atom stereocenters. The van der Waals surface area contributed by atoms with Crippen LogP contribution in [0.4, 0.5) is 5.69 Å². The predicted octanol–water partition coefficient (Wildman–Crippen LogP) is 3.48. The molecule has 0 aromatic heterocycles. The van der Waals surface area contributed by atoms with Gasteiger partial charge in [-0.25, -0.2) is 0 Å². The lowest BCUT2D eigenvalue weighted by atomic mass is 10.1. The van der Waals surface area contributed by atoms with E-state index in [1.807, 2.05) is 12.1 Å². The van der Waals surface area contributed by atoms with E-state index in [0.29, 0.717) is 6.04 Å². The van der Waals surface area contributed by atoms with Crippen molar-refractivity contribution in [1.82, 2.24) is 5.32 Å². The molecular weight excluding hydrogens is 260 g/mol. The number of likely N-dealkylation sites (N-methyl/N-ethyl adjacent to an activating group) is 2. The van der Waals surface area contributed by atoms with Crippen LogP contribution in [-0.4, -0.2) is 27.2 Å². The summed E-state index contributed by atoms with van der Waals surface area (Å²) in [5.41, 5.74) is 2.47. The van der Waals surface area contributed by atoms with E-state index in [1.165, 1.54) is 5.56 Å². The van der Waals surface area contributed by atoms with Crippen LogP contribution < -0.4 is 15.0 Å². The molecule has 0 aliphatic carbocycles. The molecule has 0 saturated heterocycles. The number of rotatable bonds is 7. The Labute approximate surface area is 127 Å². The lowest BCUT2D eigenvalue weighted by Crippen LogP contribution is -2.33. The molecule has 3 heteroatoms. The fourth-order valence-electron chi connectivity index (χ4n) is 2.45. The van der Waals surface area contributed by atoms with Crippen LogP contribution in [0.15, 0.2) is 54.6 Å². The SMILES string of the molecule is CCNC(CN(C)c1cccc(OC)c1)c1ccccc1. The second kappa shape index (κ2) is 7.70. The molecule has 2 aromatic carbocycles. The number of nitrogens with one attached hydrogen (secondary N) is 1. The maximum atomic E-state index is 5.30. The number of ether oxygens (including phenoxy) is 1. The Balaban J connectivity index is 2.12. The molecule has 0 radical (unpaired) electrons. The molecule has 0 bridgehead atoms. The van der Waals surface area contributed by atoms with Gasteiger partial charge in [0.05, 0.1) is 7.11 Å². The first-order valence-corrected chi connectivity index (χ1v) is 7.38. The maximum absolute atomic E-state index is 5.30. The average Bonchev–Trinajstić information content (AvgIpc) is 2.55. The highest BCUT2D eigenvalue weighted by Crippen LogP contribution is 2.22. The summed E-state index contributed by atoms with van der Waals surface area (Å²) in [5, 5.41) is 3.56. The second-order valence-electron chi connectivity index (χ2n) is 5.10. The fraction of sp³-hybridized carbons (Fsp3) is 0.333. The van der Waals surface area contributed by atoms with Crippen molar-refractivity contribution in [3.8, 4) is 5.75 Å². The number of hydrogen-bond acceptors (Lipinski definition) is 3. The minimum Gasteiger partial charge on any atom is -0.497 e. The fourth-order valence-corrected chi connectivity index (χ4v) is 2.45. The molecule has 0 saturated carbocycles. The van der Waals surface area contributed by atoms with E-state index in [-0.39, 0.29) is 0 Å². The number of hydrogen-bond donors (Lipinski definition) is 1. The molecule has 0 fully saturated rings. The van der Waals surface area contributed by atoms with Crippen molar-refractivity contribution >= 4 is 5.69 Å². The molecule has 3 nitrogen and oxygen atoms in total. The predicted molar refractivity (Wildman–Crippen MR) is 89.1 cm³/mol. The largest absolute Gasteiger partial charge is 0.497 e. The van der Waals surface area contributed by atoms with Crippen LogP contribution >= 0.6 is 0 Å². The van der Waals surface area contributed by atoms with Crippen LogP contribution in [0.1, 0.15) is 18.5 Å². The van der Waals surface area contributed by atoms with Crippen molar-refractivity contribution in [2.45, 2.75) is 13.0 Å². The van der Waals surface area contributed by atoms with Gasteiger partial charge in [-0.15, -0.1) is 0 Å². The van der Waals surface area contributed by atoms with Crippen molar-refractivity contribution in [2.75, 3.05) is 32.1 Å². The van der Waals surface area contributed by atoms with Crippen molar-refractivity contribution in [1.29, 1.82) is 0 Å². The van der Waals surface area contributed by atoms with Crippen molar-refractivity contribution < 1.29 is 4.74 Å². The van der Waals surface area contributed by atoms with Gasteiger partial charge in [0.1, 0.15) is 5.75 Å². The molecule has 112 valence electrons. The zero-order valence-electron chi connectivity index (χ0n) is 13.0. The van der Waals surface area contributed by atoms with Gasteiger partial charge in [0.15, 0.2) is 0 Å². The summed E-state index contributed by atoms with van der Waals surface area (Å²) < 4.78 is 5.30. The van der Waals surface area contributed by atoms with Gasteiger partial charge in [0.25, 0.3) is 0 Å². The zero-order valence-corrected chi connectivity index (χ0v) is 13.0. The first-order chi connectivity index (χ1) is 10.2. The summed E-state index contributed by atoms with van der Waals surface area (Å²) in [7, 11) is 3.81. The maximum Gasteiger partial charge on any atom is 0.120 e. The van der Waals surface area contributed by atoms with E-state index < -0.39 is 0 Å². The highest BCUT2D eigenvalue weighted by molar-refractivity contribution is 5.50. The molecule has 0 aliphatic rings. The monoisotopic (exact) mass is 284 g/mol. The molecule has 0 aliphatic heterocycles. The molecular formula is C18H24N2O. The first kappa shape index (κ1) is 15.4. The molecule has 21 heavy (non-hydrogen) atoms. The molecule has 0 heterocycles. The molecule has 1 N–H and O–H groups in total. The zero-order chi connectivity index (χ0) is 15.1. The van der Waals surface area contributed by atoms with E-state index in [9.17, 15) is 0 Å². The van der Waals surface area contributed by atoms with Crippen molar-refractivity contribution in [3.05, 3.63) is 60.2 Å². The summed E-state index contributed by atoms with van der Waals surface area (Å²) in [5.74, 6) is 0.888. The van der Waals surface area contributed by atoms with Crippen molar-refractivity contribution in [3.63, 3.8) is 0 Å². The number of methoxy groups -OCH3 is 1. The van der Waals surface area contributed by atoms with Crippen LogP contribution in [0, 0.1) is 0 Å². The minimum absolute atomic E-state index is 0.312. The minimum atomic E-state index is 0.312. The van der Waals surface area contributed by atoms with Gasteiger partial charge < -0.3 is 15.0 Å². The summed E-state index contributed by atoms with van der Waals surface area (Å²) >= 11 is 0. The molecule has 1 atom stereocenters. The van der Waals surface area contributed by atoms with E-state index in [2.05, 4.69) is 66.7 Å². The Bertz CT molecular complexity index is 542. The normalized spacial score (nSPS) is 12.0. The smallest absolute Gasteiger partial charge is 0.120 e. The number of benzene rings is 2. The summed E-state index contributed by atoms with van der Waals surface area (Å²) in [4.78, 5) is 2.25. The van der Waals surface area contributed by atoms with Gasteiger partial charge in [0, 0.05) is 31.4 Å². The Morgan fingerprint density at radius 2 is 1.86 bits per heavy atom. The first-order valence-electron chi connectivity index (χ1n) is 7.38. The standard InChI is InChI=1S/C18H24N2O/c1-4-19-18(15-9-6-5-7-10-15)14-20(2)16-11-8-12-17(13-16)21-3/h5-13,18-19H,4,14H2,1-3H3. The van der Waals surface area contributed by atoms with Crippen LogP contribution in [0.5, 0.6) is 5.75 Å². The Kier molecular flexibility index (Phi) is 5.64. The Hall–Kier alpha value is -2.00. The van der Waals surface area contributed by atoms with Gasteiger partial charge in [-0.1, -0.05) is 43.3 Å². The molecule has 0 spiro atoms. The third kappa shape index (κ3) is 4.23. The van der Waals surface area contributed by atoms with E-state index >= 15 is 0 Å². The highest BCUT2D eigenvalue weighted by Gasteiger charge is 2.13. The van der Waals surface area contributed by atoms with Gasteiger partial charge >= 0.3 is 0 Å². The number of anilines is 1. The topological polar surface area (TPSA) is 24.5 Å². The van der Waals surface area contributed by atoms with E-state index in [0.717, 1.165) is 24.5 Å². The quantitative estimate of drug-likeness (QED) is 0.842. The van der Waals surface area contributed by atoms with Gasteiger partial charge in [-0.05, 0) is 24.2 Å². The second-order valence-corrected chi connectivity index (χ2v) is 5.10.